The molecule has 85 valence electrons. The van der Waals surface area contributed by atoms with Crippen LogP contribution < -0.4 is 5.32 Å². The molecule has 1 amide bonds. The fourth-order valence-corrected chi connectivity index (χ4v) is 2.23. The first-order chi connectivity index (χ1) is 8.27. The monoisotopic (exact) mass is 284 g/mol. The van der Waals surface area contributed by atoms with Gasteiger partial charge in [0.2, 0.25) is 5.91 Å². The summed E-state index contributed by atoms with van der Waals surface area (Å²) in [6.07, 6.45) is 2.90. The predicted octanol–water partition coefficient (Wildman–Crippen LogP) is 1.83. The van der Waals surface area contributed by atoms with Crippen molar-refractivity contribution < 1.29 is 4.79 Å². The molecule has 0 saturated carbocycles. The minimum Gasteiger partial charge on any atom is -0.325 e. The van der Waals surface area contributed by atoms with Gasteiger partial charge in [-0.2, -0.15) is 0 Å². The number of nitrogens with one attached hydrogen (secondary N) is 1. The normalized spacial score (nSPS) is 16.7. The van der Waals surface area contributed by atoms with Crippen LogP contribution in [-0.4, -0.2) is 67.3 Å². The van der Waals surface area contributed by atoms with Crippen LogP contribution in [0.3, 0.4) is 0 Å². The molecule has 1 unspecified atom stereocenters. The molecule has 2 heterocycles. The average molecular weight is 285 g/mol. The van der Waals surface area contributed by atoms with E-state index in [0.717, 1.165) is 11.3 Å². The van der Waals surface area contributed by atoms with Gasteiger partial charge in [-0.3, -0.25) is 4.79 Å². The van der Waals surface area contributed by atoms with Gasteiger partial charge in [0.15, 0.2) is 0 Å². The average Bonchev–Trinajstić information content (AvgIpc) is 2.66. The molecule has 0 bridgehead atoms. The Morgan fingerprint density at radius 2 is 2.06 bits per heavy atom. The second-order valence-electron chi connectivity index (χ2n) is 3.77. The number of hydrogen-bond donors (Lipinski definition) is 1. The van der Waals surface area contributed by atoms with Crippen molar-refractivity contribution in [2.75, 3.05) is 5.32 Å². The number of fused-ring (bicyclic) bond motifs is 1. The van der Waals surface area contributed by atoms with E-state index in [1.165, 1.54) is 12.5 Å². The number of anilines is 1. The molecule has 1 aromatic carbocycles. The number of para-hydroxylation sites is 1. The molecule has 1 aliphatic heterocycles. The van der Waals surface area contributed by atoms with Crippen molar-refractivity contribution in [2.45, 2.75) is 5.92 Å². The Bertz CT molecular complexity index is 605. The van der Waals surface area contributed by atoms with Crippen molar-refractivity contribution in [3.05, 3.63) is 53.1 Å². The van der Waals surface area contributed by atoms with Crippen LogP contribution in [-0.2, 0) is 4.79 Å². The van der Waals surface area contributed by atoms with Gasteiger partial charge in [-0.1, -0.05) is 29.8 Å². The van der Waals surface area contributed by atoms with Gasteiger partial charge in [0.05, 0.1) is 10.7 Å². The zero-order chi connectivity index (χ0) is 11.8. The minimum absolute atomic E-state index is 0. The molecule has 2 aromatic rings. The summed E-state index contributed by atoms with van der Waals surface area (Å²) in [6.45, 7) is 0. The Labute approximate surface area is 152 Å². The van der Waals surface area contributed by atoms with E-state index in [1.807, 2.05) is 24.3 Å². The topological polar surface area (TPSA) is 54.9 Å². The summed E-state index contributed by atoms with van der Waals surface area (Å²) in [6, 6.07) is 7.53. The van der Waals surface area contributed by atoms with E-state index < -0.39 is 5.92 Å². The molecule has 1 aromatic heterocycles. The molecule has 18 heavy (non-hydrogen) atoms. The second-order valence-corrected chi connectivity index (χ2v) is 4.17. The number of aromatic nitrogens is 2. The van der Waals surface area contributed by atoms with E-state index in [-0.39, 0.29) is 57.3 Å². The molecular weight excluding hydrogens is 277 g/mol. The summed E-state index contributed by atoms with van der Waals surface area (Å²) in [5.41, 5.74) is 2.26. The summed E-state index contributed by atoms with van der Waals surface area (Å²) < 4.78 is 0. The summed E-state index contributed by atoms with van der Waals surface area (Å²) in [5, 5.41) is 3.22. The van der Waals surface area contributed by atoms with Crippen LogP contribution >= 0.6 is 11.6 Å². The van der Waals surface area contributed by atoms with Crippen LogP contribution in [0.25, 0.3) is 0 Å². The fraction of sp³-hybridized carbons (Fsp3) is 0.0833. The number of carbonyl (C=O) groups excluding carboxylic acids is 1. The predicted molar refractivity (Wildman–Crippen MR) is 69.7 cm³/mol. The number of carbonyl (C=O) groups is 1. The maximum absolute atomic E-state index is 12.0. The number of hydrogen-bond acceptors (Lipinski definition) is 3. The molecule has 0 aliphatic carbocycles. The first-order valence-corrected chi connectivity index (χ1v) is 5.50. The van der Waals surface area contributed by atoms with Gasteiger partial charge in [0.25, 0.3) is 0 Å². The molecule has 1 aliphatic rings. The number of benzene rings is 1. The molecule has 0 spiro atoms. The Hall–Kier alpha value is -0.304. The molecule has 0 fully saturated rings. The number of nitrogens with zero attached hydrogens (tertiary/aromatic N) is 2. The first-order valence-electron chi connectivity index (χ1n) is 5.12. The molecule has 3 rings (SSSR count). The van der Waals surface area contributed by atoms with Crippen LogP contribution in [0.1, 0.15) is 17.2 Å². The van der Waals surface area contributed by atoms with Gasteiger partial charge < -0.3 is 5.32 Å². The van der Waals surface area contributed by atoms with E-state index in [4.69, 9.17) is 11.6 Å². The third kappa shape index (κ3) is 2.39. The Balaban J connectivity index is 0.00000120. The number of rotatable bonds is 1. The number of amides is 1. The molecule has 0 saturated heterocycles. The Morgan fingerprint density at radius 1 is 1.28 bits per heavy atom. The largest absolute Gasteiger partial charge is 0.325 e. The fourth-order valence-electron chi connectivity index (χ4n) is 2.01. The van der Waals surface area contributed by atoms with Gasteiger partial charge >= 0.3 is 0 Å². The van der Waals surface area contributed by atoms with Gasteiger partial charge in [-0.05, 0) is 11.6 Å². The van der Waals surface area contributed by atoms with E-state index in [9.17, 15) is 4.79 Å². The van der Waals surface area contributed by atoms with Crippen LogP contribution in [0.4, 0.5) is 5.69 Å². The van der Waals surface area contributed by atoms with Crippen LogP contribution in [0, 0.1) is 0 Å². The zero-order valence-corrected chi connectivity index (χ0v) is 13.6. The third-order valence-electron chi connectivity index (χ3n) is 2.76. The van der Waals surface area contributed by atoms with E-state index in [2.05, 4.69) is 15.3 Å². The Kier molecular flexibility index (Phi) is 4.53. The van der Waals surface area contributed by atoms with Crippen LogP contribution in [0.15, 0.2) is 36.8 Å². The molecule has 6 heteroatoms. The molecule has 4 nitrogen and oxygen atoms in total. The SMILES string of the molecule is O=C1Nc2ccccc2C1c1ncncc1Cl.[K]. The molecular formula is C12H8ClKN3O. The van der Waals surface area contributed by atoms with Crippen molar-refractivity contribution >= 4 is 74.6 Å². The van der Waals surface area contributed by atoms with Crippen LogP contribution in [0.5, 0.6) is 0 Å². The molecule has 1 radical (unpaired) electrons. The van der Waals surface area contributed by atoms with Crippen molar-refractivity contribution in [3.63, 3.8) is 0 Å². The van der Waals surface area contributed by atoms with Crippen molar-refractivity contribution in [1.82, 2.24) is 9.97 Å². The first kappa shape index (κ1) is 14.1. The van der Waals surface area contributed by atoms with Crippen molar-refractivity contribution in [1.29, 1.82) is 0 Å². The summed E-state index contributed by atoms with van der Waals surface area (Å²) in [4.78, 5) is 19.9. The van der Waals surface area contributed by atoms with Crippen LogP contribution in [0.2, 0.25) is 5.02 Å². The smallest absolute Gasteiger partial charge is 0.238 e. The summed E-state index contributed by atoms with van der Waals surface area (Å²) in [7, 11) is 0. The standard InChI is InChI=1S/C12H8ClN3O.K/c13-8-5-14-6-15-11(8)10-7-3-1-2-4-9(7)16-12(10)17;/h1-6,10H,(H,16,17);. The van der Waals surface area contributed by atoms with E-state index in [1.54, 1.807) is 0 Å². The molecule has 1 N–H and O–H groups in total. The maximum Gasteiger partial charge on any atom is 0.238 e. The van der Waals surface area contributed by atoms with E-state index in [0.29, 0.717) is 10.7 Å². The quantitative estimate of drug-likeness (QED) is 0.813. The van der Waals surface area contributed by atoms with Gasteiger partial charge in [-0.15, -0.1) is 0 Å². The van der Waals surface area contributed by atoms with Crippen molar-refractivity contribution in [2.24, 2.45) is 0 Å². The second kappa shape index (κ2) is 5.77. The van der Waals surface area contributed by atoms with Gasteiger partial charge in [-0.25, -0.2) is 9.97 Å². The zero-order valence-electron chi connectivity index (χ0n) is 9.72. The van der Waals surface area contributed by atoms with Gasteiger partial charge in [0, 0.05) is 63.3 Å². The van der Waals surface area contributed by atoms with Crippen molar-refractivity contribution in [3.8, 4) is 0 Å². The number of halogens is 1. The maximum atomic E-state index is 12.0. The minimum atomic E-state index is -0.443. The summed E-state index contributed by atoms with van der Waals surface area (Å²) >= 11 is 6.03. The third-order valence-corrected chi connectivity index (χ3v) is 3.05. The van der Waals surface area contributed by atoms with E-state index >= 15 is 0 Å². The Morgan fingerprint density at radius 3 is 2.83 bits per heavy atom. The van der Waals surface area contributed by atoms with Gasteiger partial charge in [0.1, 0.15) is 12.2 Å². The molecule has 1 atom stereocenters. The summed E-state index contributed by atoms with van der Waals surface area (Å²) in [5.74, 6) is -0.548.